The van der Waals surface area contributed by atoms with E-state index in [1.165, 1.54) is 30.1 Å². The Morgan fingerprint density at radius 2 is 1.90 bits per heavy atom. The van der Waals surface area contributed by atoms with Crippen LogP contribution in [-0.2, 0) is 0 Å². The molecule has 0 aromatic heterocycles. The third-order valence-electron chi connectivity index (χ3n) is 2.91. The Bertz CT molecular complexity index is 705. The summed E-state index contributed by atoms with van der Waals surface area (Å²) in [4.78, 5) is 13.6. The van der Waals surface area contributed by atoms with Crippen molar-refractivity contribution in [2.24, 2.45) is 0 Å². The van der Waals surface area contributed by atoms with E-state index in [0.717, 1.165) is 0 Å². The highest BCUT2D eigenvalue weighted by atomic mass is 16.3. The fraction of sp³-hybridized carbons (Fsp3) is 0.0667. The van der Waals surface area contributed by atoms with Gasteiger partial charge in [0.1, 0.15) is 0 Å². The maximum Gasteiger partial charge on any atom is 0.261 e. The number of carbonyl (C=O) groups excluding carboxylic acids is 1. The average Bonchev–Trinajstić information content (AvgIpc) is 2.48. The van der Waals surface area contributed by atoms with Crippen LogP contribution in [0.5, 0.6) is 11.5 Å². The number of phenols is 2. The highest BCUT2D eigenvalue weighted by molar-refractivity contribution is 6.08. The van der Waals surface area contributed by atoms with Crippen molar-refractivity contribution in [2.75, 3.05) is 11.9 Å². The molecule has 0 saturated carbocycles. The molecule has 0 radical (unpaired) electrons. The monoisotopic (exact) mass is 268 g/mol. The number of hydrogen-bond donors (Lipinski definition) is 2. The summed E-state index contributed by atoms with van der Waals surface area (Å²) in [5.41, 5.74) is 0.953. The van der Waals surface area contributed by atoms with Crippen LogP contribution in [-0.4, -0.2) is 23.2 Å². The molecule has 0 aliphatic carbocycles. The number of aromatic hydroxyl groups is 2. The lowest BCUT2D eigenvalue weighted by atomic mass is 10.1. The van der Waals surface area contributed by atoms with Gasteiger partial charge in [0.15, 0.2) is 11.5 Å². The van der Waals surface area contributed by atoms with Crippen LogP contribution in [0.3, 0.4) is 0 Å². The van der Waals surface area contributed by atoms with Crippen molar-refractivity contribution in [3.63, 3.8) is 0 Å². The lowest BCUT2D eigenvalue weighted by molar-refractivity contribution is 0.0990. The number of amides is 1. The van der Waals surface area contributed by atoms with Crippen molar-refractivity contribution >= 4 is 11.6 Å². The van der Waals surface area contributed by atoms with Crippen molar-refractivity contribution < 1.29 is 15.0 Å². The second kappa shape index (κ2) is 5.33. The van der Waals surface area contributed by atoms with E-state index in [9.17, 15) is 15.0 Å². The van der Waals surface area contributed by atoms with Crippen molar-refractivity contribution in [2.45, 2.75) is 0 Å². The molecule has 0 aliphatic heterocycles. The third kappa shape index (κ3) is 2.40. The lowest BCUT2D eigenvalue weighted by Gasteiger charge is -2.18. The van der Waals surface area contributed by atoms with E-state index < -0.39 is 11.7 Å². The number of hydrogen-bond acceptors (Lipinski definition) is 4. The largest absolute Gasteiger partial charge is 0.504 e. The van der Waals surface area contributed by atoms with Crippen molar-refractivity contribution in [1.82, 2.24) is 0 Å². The van der Waals surface area contributed by atoms with Gasteiger partial charge in [0.2, 0.25) is 0 Å². The molecule has 100 valence electrons. The summed E-state index contributed by atoms with van der Waals surface area (Å²) in [6.07, 6.45) is 0. The molecule has 1 amide bonds. The van der Waals surface area contributed by atoms with E-state index in [2.05, 4.69) is 0 Å². The topological polar surface area (TPSA) is 84.6 Å². The highest BCUT2D eigenvalue weighted by Gasteiger charge is 2.19. The molecule has 0 saturated heterocycles. The first kappa shape index (κ1) is 13.4. The van der Waals surface area contributed by atoms with Crippen LogP contribution in [0.15, 0.2) is 42.5 Å². The molecule has 20 heavy (non-hydrogen) atoms. The molecule has 2 rings (SSSR count). The quantitative estimate of drug-likeness (QED) is 0.818. The number of phenolic OH excluding ortho intramolecular Hbond substituents is 2. The summed E-state index contributed by atoms with van der Waals surface area (Å²) in [6, 6.07) is 12.7. The van der Waals surface area contributed by atoms with Gasteiger partial charge in [0.05, 0.1) is 17.2 Å². The SMILES string of the molecule is CN(C(=O)c1cccc(O)c1O)c1cccc(C#N)c1. The Hall–Kier alpha value is -3.00. The van der Waals surface area contributed by atoms with Gasteiger partial charge >= 0.3 is 0 Å². The lowest BCUT2D eigenvalue weighted by Crippen LogP contribution is -2.26. The van der Waals surface area contributed by atoms with Gasteiger partial charge in [-0.05, 0) is 30.3 Å². The fourth-order valence-corrected chi connectivity index (χ4v) is 1.79. The fourth-order valence-electron chi connectivity index (χ4n) is 1.79. The maximum atomic E-state index is 12.3. The van der Waals surface area contributed by atoms with Crippen LogP contribution in [0.4, 0.5) is 5.69 Å². The maximum absolute atomic E-state index is 12.3. The molecule has 2 N–H and O–H groups in total. The minimum atomic E-state index is -0.478. The molecule has 0 heterocycles. The van der Waals surface area contributed by atoms with Crippen LogP contribution in [0.2, 0.25) is 0 Å². The minimum Gasteiger partial charge on any atom is -0.504 e. The Kier molecular flexibility index (Phi) is 3.58. The van der Waals surface area contributed by atoms with Gasteiger partial charge in [-0.2, -0.15) is 5.26 Å². The summed E-state index contributed by atoms with van der Waals surface area (Å²) in [5, 5.41) is 28.0. The van der Waals surface area contributed by atoms with Gasteiger partial charge in [-0.1, -0.05) is 12.1 Å². The van der Waals surface area contributed by atoms with E-state index >= 15 is 0 Å². The molecule has 0 atom stereocenters. The molecular weight excluding hydrogens is 256 g/mol. The first-order chi connectivity index (χ1) is 9.54. The van der Waals surface area contributed by atoms with Gasteiger partial charge < -0.3 is 15.1 Å². The number of para-hydroxylation sites is 1. The molecule has 2 aromatic rings. The average molecular weight is 268 g/mol. The number of nitrogens with zero attached hydrogens (tertiary/aromatic N) is 2. The summed E-state index contributed by atoms with van der Waals surface area (Å²) < 4.78 is 0. The minimum absolute atomic E-state index is 0.00476. The zero-order chi connectivity index (χ0) is 14.7. The van der Waals surface area contributed by atoms with Crippen LogP contribution in [0.1, 0.15) is 15.9 Å². The van der Waals surface area contributed by atoms with Gasteiger partial charge in [0, 0.05) is 12.7 Å². The number of carbonyl (C=O) groups is 1. The van der Waals surface area contributed by atoms with E-state index in [-0.39, 0.29) is 11.3 Å². The Morgan fingerprint density at radius 1 is 1.20 bits per heavy atom. The van der Waals surface area contributed by atoms with Crippen LogP contribution >= 0.6 is 0 Å². The van der Waals surface area contributed by atoms with E-state index in [0.29, 0.717) is 11.3 Å². The zero-order valence-electron chi connectivity index (χ0n) is 10.7. The smallest absolute Gasteiger partial charge is 0.261 e. The number of anilines is 1. The normalized spacial score (nSPS) is 9.80. The molecule has 0 spiro atoms. The first-order valence-corrected chi connectivity index (χ1v) is 5.83. The second-order valence-corrected chi connectivity index (χ2v) is 4.20. The molecule has 5 heteroatoms. The number of benzene rings is 2. The van der Waals surface area contributed by atoms with Crippen LogP contribution in [0, 0.1) is 11.3 Å². The molecule has 5 nitrogen and oxygen atoms in total. The number of nitriles is 1. The molecule has 0 fully saturated rings. The van der Waals surface area contributed by atoms with Crippen LogP contribution in [0.25, 0.3) is 0 Å². The Morgan fingerprint density at radius 3 is 2.60 bits per heavy atom. The van der Waals surface area contributed by atoms with Gasteiger partial charge in [-0.15, -0.1) is 0 Å². The van der Waals surface area contributed by atoms with Gasteiger partial charge in [-0.25, -0.2) is 0 Å². The molecule has 0 aliphatic rings. The molecule has 2 aromatic carbocycles. The Balaban J connectivity index is 2.38. The molecule has 0 bridgehead atoms. The number of rotatable bonds is 2. The second-order valence-electron chi connectivity index (χ2n) is 4.20. The van der Waals surface area contributed by atoms with E-state index in [1.54, 1.807) is 24.3 Å². The zero-order valence-corrected chi connectivity index (χ0v) is 10.7. The predicted octanol–water partition coefficient (Wildman–Crippen LogP) is 2.25. The first-order valence-electron chi connectivity index (χ1n) is 5.83. The summed E-state index contributed by atoms with van der Waals surface area (Å²) in [7, 11) is 1.53. The predicted molar refractivity (Wildman–Crippen MR) is 73.7 cm³/mol. The summed E-state index contributed by atoms with van der Waals surface area (Å²) in [5.74, 6) is -1.29. The highest BCUT2D eigenvalue weighted by Crippen LogP contribution is 2.30. The third-order valence-corrected chi connectivity index (χ3v) is 2.91. The van der Waals surface area contributed by atoms with Crippen molar-refractivity contribution in [3.05, 3.63) is 53.6 Å². The van der Waals surface area contributed by atoms with Gasteiger partial charge in [-0.3, -0.25) is 4.79 Å². The van der Waals surface area contributed by atoms with E-state index in [1.807, 2.05) is 6.07 Å². The molecular formula is C15H12N2O3. The standard InChI is InChI=1S/C15H12N2O3/c1-17(11-5-2-4-10(8-11)9-16)15(20)12-6-3-7-13(18)14(12)19/h2-8,18-19H,1H3. The summed E-state index contributed by atoms with van der Waals surface area (Å²) in [6.45, 7) is 0. The van der Waals surface area contributed by atoms with E-state index in [4.69, 9.17) is 5.26 Å². The van der Waals surface area contributed by atoms with Crippen molar-refractivity contribution in [1.29, 1.82) is 5.26 Å². The summed E-state index contributed by atoms with van der Waals surface area (Å²) >= 11 is 0. The van der Waals surface area contributed by atoms with Crippen molar-refractivity contribution in [3.8, 4) is 17.6 Å². The van der Waals surface area contributed by atoms with Gasteiger partial charge in [0.25, 0.3) is 5.91 Å². The molecule has 0 unspecified atom stereocenters. The van der Waals surface area contributed by atoms with Crippen LogP contribution < -0.4 is 4.90 Å². The Labute approximate surface area is 115 Å².